The van der Waals surface area contributed by atoms with Crippen molar-refractivity contribution in [3.8, 4) is 0 Å². The number of aromatic nitrogens is 2. The summed E-state index contributed by atoms with van der Waals surface area (Å²) >= 11 is 3.33. The molecule has 0 atom stereocenters. The topological polar surface area (TPSA) is 53.4 Å². The van der Waals surface area contributed by atoms with Crippen molar-refractivity contribution in [3.05, 3.63) is 32.2 Å². The molecule has 2 rings (SSSR count). The summed E-state index contributed by atoms with van der Waals surface area (Å²) in [5.41, 5.74) is 4.02. The fourth-order valence-electron chi connectivity index (χ4n) is 1.89. The number of aliphatic imine (C=N–C) groups is 1. The molecular formula is C14H22IN5S2. The van der Waals surface area contributed by atoms with Crippen LogP contribution in [-0.2, 0) is 13.1 Å². The highest BCUT2D eigenvalue weighted by atomic mass is 127. The Bertz CT molecular complexity index is 608. The lowest BCUT2D eigenvalue weighted by Crippen LogP contribution is -2.38. The van der Waals surface area contributed by atoms with Gasteiger partial charge in [-0.1, -0.05) is 0 Å². The van der Waals surface area contributed by atoms with Crippen LogP contribution in [0.1, 0.15) is 28.2 Å². The van der Waals surface area contributed by atoms with Crippen LogP contribution in [0, 0.1) is 13.8 Å². The molecule has 0 bridgehead atoms. The van der Waals surface area contributed by atoms with Gasteiger partial charge in [0.2, 0.25) is 0 Å². The SMILES string of the molecule is CCNC(=NCc1scnc1C)N(C)Cc1csc(C)n1.I. The van der Waals surface area contributed by atoms with Gasteiger partial charge in [-0.3, -0.25) is 0 Å². The van der Waals surface area contributed by atoms with Crippen LogP contribution in [0.5, 0.6) is 0 Å². The van der Waals surface area contributed by atoms with Crippen LogP contribution in [0.3, 0.4) is 0 Å². The van der Waals surface area contributed by atoms with Crippen molar-refractivity contribution in [1.29, 1.82) is 0 Å². The minimum Gasteiger partial charge on any atom is -0.357 e. The summed E-state index contributed by atoms with van der Waals surface area (Å²) in [6.07, 6.45) is 0. The van der Waals surface area contributed by atoms with Crippen LogP contribution in [0.15, 0.2) is 15.9 Å². The summed E-state index contributed by atoms with van der Waals surface area (Å²) in [5, 5.41) is 6.52. The van der Waals surface area contributed by atoms with E-state index in [1.54, 1.807) is 22.7 Å². The fraction of sp³-hybridized carbons (Fsp3) is 0.500. The Hall–Kier alpha value is -0.740. The van der Waals surface area contributed by atoms with E-state index in [1.807, 2.05) is 26.4 Å². The van der Waals surface area contributed by atoms with Gasteiger partial charge in [-0.15, -0.1) is 46.7 Å². The molecule has 0 aliphatic rings. The molecule has 2 heterocycles. The lowest BCUT2D eigenvalue weighted by Gasteiger charge is -2.21. The molecule has 0 radical (unpaired) electrons. The Balaban J connectivity index is 0.00000242. The van der Waals surface area contributed by atoms with E-state index in [0.717, 1.165) is 35.4 Å². The van der Waals surface area contributed by atoms with Gasteiger partial charge in [-0.2, -0.15) is 0 Å². The molecular weight excluding hydrogens is 429 g/mol. The smallest absolute Gasteiger partial charge is 0.194 e. The molecule has 122 valence electrons. The van der Waals surface area contributed by atoms with Crippen molar-refractivity contribution < 1.29 is 0 Å². The summed E-state index contributed by atoms with van der Waals surface area (Å²) in [4.78, 5) is 16.8. The average molecular weight is 451 g/mol. The molecule has 0 saturated carbocycles. The number of guanidine groups is 1. The largest absolute Gasteiger partial charge is 0.357 e. The molecule has 0 unspecified atom stereocenters. The maximum absolute atomic E-state index is 4.70. The molecule has 0 aliphatic carbocycles. The maximum Gasteiger partial charge on any atom is 0.194 e. The standard InChI is InChI=1S/C14H21N5S2.HI/c1-5-15-14(16-6-13-10(2)17-9-21-13)19(4)7-12-8-20-11(3)18-12;/h8-9H,5-7H2,1-4H3,(H,15,16);1H. The lowest BCUT2D eigenvalue weighted by atomic mass is 10.4. The summed E-state index contributed by atoms with van der Waals surface area (Å²) in [6, 6.07) is 0. The van der Waals surface area contributed by atoms with Gasteiger partial charge in [0, 0.05) is 23.8 Å². The first-order valence-corrected chi connectivity index (χ1v) is 8.65. The molecule has 2 aromatic heterocycles. The number of hydrogen-bond acceptors (Lipinski definition) is 5. The van der Waals surface area contributed by atoms with E-state index in [9.17, 15) is 0 Å². The third-order valence-corrected chi connectivity index (χ3v) is 4.72. The predicted molar refractivity (Wildman–Crippen MR) is 105 cm³/mol. The molecule has 22 heavy (non-hydrogen) atoms. The molecule has 0 fully saturated rings. The monoisotopic (exact) mass is 451 g/mol. The molecule has 2 aromatic rings. The van der Waals surface area contributed by atoms with E-state index < -0.39 is 0 Å². The molecule has 0 spiro atoms. The Labute approximate surface area is 156 Å². The van der Waals surface area contributed by atoms with Gasteiger partial charge < -0.3 is 10.2 Å². The molecule has 0 saturated heterocycles. The summed E-state index contributed by atoms with van der Waals surface area (Å²) in [6.45, 7) is 8.41. The van der Waals surface area contributed by atoms with Crippen LogP contribution >= 0.6 is 46.7 Å². The number of aryl methyl sites for hydroxylation is 2. The molecule has 8 heteroatoms. The zero-order valence-corrected chi connectivity index (χ0v) is 17.3. The first-order valence-electron chi connectivity index (χ1n) is 6.89. The zero-order valence-electron chi connectivity index (χ0n) is 13.3. The number of thiazole rings is 2. The van der Waals surface area contributed by atoms with Crippen LogP contribution < -0.4 is 5.32 Å². The van der Waals surface area contributed by atoms with Gasteiger partial charge in [0.05, 0.1) is 35.0 Å². The van der Waals surface area contributed by atoms with Gasteiger partial charge in [0.15, 0.2) is 5.96 Å². The van der Waals surface area contributed by atoms with E-state index in [0.29, 0.717) is 6.54 Å². The Morgan fingerprint density at radius 3 is 2.68 bits per heavy atom. The predicted octanol–water partition coefficient (Wildman–Crippen LogP) is 3.43. The zero-order chi connectivity index (χ0) is 15.2. The number of halogens is 1. The first kappa shape index (κ1) is 19.3. The van der Waals surface area contributed by atoms with Crippen LogP contribution in [0.25, 0.3) is 0 Å². The van der Waals surface area contributed by atoms with Gasteiger partial charge in [-0.25, -0.2) is 15.0 Å². The second kappa shape index (κ2) is 9.41. The quantitative estimate of drug-likeness (QED) is 0.430. The minimum absolute atomic E-state index is 0. The van der Waals surface area contributed by atoms with E-state index in [4.69, 9.17) is 4.99 Å². The number of hydrogen-bond donors (Lipinski definition) is 1. The second-order valence-corrected chi connectivity index (χ2v) is 6.75. The lowest BCUT2D eigenvalue weighted by molar-refractivity contribution is 0.471. The van der Waals surface area contributed by atoms with E-state index in [-0.39, 0.29) is 24.0 Å². The third-order valence-electron chi connectivity index (χ3n) is 2.98. The van der Waals surface area contributed by atoms with Gasteiger partial charge >= 0.3 is 0 Å². The number of rotatable bonds is 5. The molecule has 5 nitrogen and oxygen atoms in total. The van der Waals surface area contributed by atoms with Gasteiger partial charge in [0.1, 0.15) is 0 Å². The highest BCUT2D eigenvalue weighted by Gasteiger charge is 2.09. The summed E-state index contributed by atoms with van der Waals surface area (Å²) < 4.78 is 0. The van der Waals surface area contributed by atoms with Crippen molar-refractivity contribution in [2.24, 2.45) is 4.99 Å². The fourth-order valence-corrected chi connectivity index (χ4v) is 3.20. The Morgan fingerprint density at radius 1 is 1.36 bits per heavy atom. The Morgan fingerprint density at radius 2 is 2.14 bits per heavy atom. The van der Waals surface area contributed by atoms with E-state index in [2.05, 4.69) is 32.5 Å². The van der Waals surface area contributed by atoms with E-state index >= 15 is 0 Å². The van der Waals surface area contributed by atoms with Gasteiger partial charge in [-0.05, 0) is 20.8 Å². The Kier molecular flexibility index (Phi) is 8.26. The molecule has 0 aliphatic heterocycles. The maximum atomic E-state index is 4.70. The normalized spacial score (nSPS) is 11.2. The average Bonchev–Trinajstić information content (AvgIpc) is 3.03. The van der Waals surface area contributed by atoms with Crippen molar-refractivity contribution in [1.82, 2.24) is 20.2 Å². The van der Waals surface area contributed by atoms with Gasteiger partial charge in [0.25, 0.3) is 0 Å². The van der Waals surface area contributed by atoms with Crippen LogP contribution in [0.2, 0.25) is 0 Å². The first-order chi connectivity index (χ1) is 10.1. The highest BCUT2D eigenvalue weighted by molar-refractivity contribution is 14.0. The highest BCUT2D eigenvalue weighted by Crippen LogP contribution is 2.14. The molecule has 0 amide bonds. The van der Waals surface area contributed by atoms with Crippen molar-refractivity contribution in [2.75, 3.05) is 13.6 Å². The number of nitrogens with zero attached hydrogens (tertiary/aromatic N) is 4. The third kappa shape index (κ3) is 5.47. The molecule has 0 aromatic carbocycles. The minimum atomic E-state index is 0. The number of nitrogens with one attached hydrogen (secondary N) is 1. The molecule has 1 N–H and O–H groups in total. The van der Waals surface area contributed by atoms with Crippen molar-refractivity contribution >= 4 is 52.6 Å². The van der Waals surface area contributed by atoms with Crippen molar-refractivity contribution in [2.45, 2.75) is 33.9 Å². The van der Waals surface area contributed by atoms with Crippen LogP contribution in [-0.4, -0.2) is 34.4 Å². The summed E-state index contributed by atoms with van der Waals surface area (Å²) in [7, 11) is 2.04. The van der Waals surface area contributed by atoms with E-state index in [1.165, 1.54) is 4.88 Å². The second-order valence-electron chi connectivity index (χ2n) is 4.75. The van der Waals surface area contributed by atoms with Crippen LogP contribution in [0.4, 0.5) is 0 Å². The van der Waals surface area contributed by atoms with Crippen molar-refractivity contribution in [3.63, 3.8) is 0 Å². The summed E-state index contributed by atoms with van der Waals surface area (Å²) in [5.74, 6) is 0.899.